The summed E-state index contributed by atoms with van der Waals surface area (Å²) in [5.74, 6) is -0.202. The normalized spacial score (nSPS) is 17.1. The summed E-state index contributed by atoms with van der Waals surface area (Å²) in [7, 11) is 0. The van der Waals surface area contributed by atoms with Gasteiger partial charge in [-0.3, -0.25) is 4.79 Å². The standard InChI is InChI=1S/C12H25NO2/c1-5-7-8-11(12(14)15)13-10(4)9(3)6-2/h9-11,13H,5-8H2,1-4H3,(H,14,15). The number of nitrogens with one attached hydrogen (secondary N) is 1. The van der Waals surface area contributed by atoms with Crippen LogP contribution in [0.3, 0.4) is 0 Å². The van der Waals surface area contributed by atoms with Gasteiger partial charge in [-0.05, 0) is 19.3 Å². The molecule has 3 unspecified atom stereocenters. The van der Waals surface area contributed by atoms with E-state index in [4.69, 9.17) is 5.11 Å². The van der Waals surface area contributed by atoms with Crippen molar-refractivity contribution in [3.63, 3.8) is 0 Å². The van der Waals surface area contributed by atoms with Crippen molar-refractivity contribution in [1.29, 1.82) is 0 Å². The maximum Gasteiger partial charge on any atom is 0.320 e. The summed E-state index contributed by atoms with van der Waals surface area (Å²) in [5, 5.41) is 12.2. The van der Waals surface area contributed by atoms with Crippen LogP contribution in [-0.4, -0.2) is 23.2 Å². The monoisotopic (exact) mass is 215 g/mol. The van der Waals surface area contributed by atoms with Crippen LogP contribution < -0.4 is 5.32 Å². The van der Waals surface area contributed by atoms with Crippen molar-refractivity contribution >= 4 is 5.97 Å². The van der Waals surface area contributed by atoms with E-state index in [0.29, 0.717) is 5.92 Å². The molecule has 0 rings (SSSR count). The molecule has 0 saturated heterocycles. The Balaban J connectivity index is 4.09. The summed E-state index contributed by atoms with van der Waals surface area (Å²) in [4.78, 5) is 11.0. The third-order valence-electron chi connectivity index (χ3n) is 3.11. The number of carboxylic acids is 1. The van der Waals surface area contributed by atoms with Gasteiger partial charge in [-0.1, -0.05) is 40.0 Å². The average molecular weight is 215 g/mol. The fourth-order valence-electron chi connectivity index (χ4n) is 1.52. The molecule has 0 radical (unpaired) electrons. The maximum atomic E-state index is 11.0. The van der Waals surface area contributed by atoms with Crippen molar-refractivity contribution in [2.24, 2.45) is 5.92 Å². The average Bonchev–Trinajstić information content (AvgIpc) is 2.22. The molecular weight excluding hydrogens is 190 g/mol. The van der Waals surface area contributed by atoms with Crippen LogP contribution in [0.4, 0.5) is 0 Å². The van der Waals surface area contributed by atoms with Gasteiger partial charge >= 0.3 is 5.97 Å². The Morgan fingerprint density at radius 2 is 1.93 bits per heavy atom. The fraction of sp³-hybridized carbons (Fsp3) is 0.917. The second-order valence-electron chi connectivity index (χ2n) is 4.37. The smallest absolute Gasteiger partial charge is 0.320 e. The third kappa shape index (κ3) is 5.78. The Morgan fingerprint density at radius 3 is 2.33 bits per heavy atom. The number of hydrogen-bond donors (Lipinski definition) is 2. The van der Waals surface area contributed by atoms with Crippen molar-refractivity contribution in [2.45, 2.75) is 65.5 Å². The molecule has 0 saturated carbocycles. The van der Waals surface area contributed by atoms with Gasteiger partial charge in [0.15, 0.2) is 0 Å². The van der Waals surface area contributed by atoms with Crippen molar-refractivity contribution in [3.8, 4) is 0 Å². The van der Waals surface area contributed by atoms with Crippen molar-refractivity contribution < 1.29 is 9.90 Å². The van der Waals surface area contributed by atoms with Crippen LogP contribution in [0.2, 0.25) is 0 Å². The van der Waals surface area contributed by atoms with Crippen molar-refractivity contribution in [3.05, 3.63) is 0 Å². The molecule has 0 aliphatic rings. The van der Waals surface area contributed by atoms with Gasteiger partial charge < -0.3 is 10.4 Å². The van der Waals surface area contributed by atoms with E-state index in [9.17, 15) is 4.79 Å². The molecule has 0 spiro atoms. The molecule has 0 heterocycles. The summed E-state index contributed by atoms with van der Waals surface area (Å²) < 4.78 is 0. The van der Waals surface area contributed by atoms with Gasteiger partial charge in [0, 0.05) is 6.04 Å². The van der Waals surface area contributed by atoms with Gasteiger partial charge in [0.05, 0.1) is 0 Å². The molecule has 0 aliphatic carbocycles. The maximum absolute atomic E-state index is 11.0. The summed E-state index contributed by atoms with van der Waals surface area (Å²) in [5.41, 5.74) is 0. The lowest BCUT2D eigenvalue weighted by atomic mass is 9.99. The highest BCUT2D eigenvalue weighted by molar-refractivity contribution is 5.73. The highest BCUT2D eigenvalue weighted by atomic mass is 16.4. The molecule has 90 valence electrons. The molecule has 0 aromatic carbocycles. The highest BCUT2D eigenvalue weighted by Gasteiger charge is 2.20. The summed E-state index contributed by atoms with van der Waals surface area (Å²) >= 11 is 0. The van der Waals surface area contributed by atoms with Crippen LogP contribution in [0.25, 0.3) is 0 Å². The predicted molar refractivity (Wildman–Crippen MR) is 63.0 cm³/mol. The molecule has 3 nitrogen and oxygen atoms in total. The molecule has 0 amide bonds. The molecule has 0 bridgehead atoms. The van der Waals surface area contributed by atoms with Gasteiger partial charge in [0.1, 0.15) is 6.04 Å². The molecule has 15 heavy (non-hydrogen) atoms. The Labute approximate surface area is 93.3 Å². The zero-order chi connectivity index (χ0) is 11.8. The molecule has 2 N–H and O–H groups in total. The molecule has 0 aromatic heterocycles. The minimum atomic E-state index is -0.724. The van der Waals surface area contributed by atoms with Crippen molar-refractivity contribution in [2.75, 3.05) is 0 Å². The van der Waals surface area contributed by atoms with Gasteiger partial charge in [-0.25, -0.2) is 0 Å². The third-order valence-corrected chi connectivity index (χ3v) is 3.11. The molecule has 0 aliphatic heterocycles. The van der Waals surface area contributed by atoms with Crippen LogP contribution in [0.15, 0.2) is 0 Å². The van der Waals surface area contributed by atoms with E-state index < -0.39 is 5.97 Å². The van der Waals surface area contributed by atoms with Crippen LogP contribution in [0, 0.1) is 5.92 Å². The lowest BCUT2D eigenvalue weighted by Crippen LogP contribution is -2.44. The van der Waals surface area contributed by atoms with Crippen LogP contribution in [0.1, 0.15) is 53.4 Å². The number of hydrogen-bond acceptors (Lipinski definition) is 2. The lowest BCUT2D eigenvalue weighted by Gasteiger charge is -2.24. The van der Waals surface area contributed by atoms with E-state index in [0.717, 1.165) is 25.7 Å². The van der Waals surface area contributed by atoms with E-state index in [1.165, 1.54) is 0 Å². The topological polar surface area (TPSA) is 49.3 Å². The zero-order valence-corrected chi connectivity index (χ0v) is 10.4. The van der Waals surface area contributed by atoms with E-state index in [1.807, 2.05) is 0 Å². The first-order chi connectivity index (χ1) is 7.02. The summed E-state index contributed by atoms with van der Waals surface area (Å²) in [6.07, 6.45) is 3.82. The van der Waals surface area contributed by atoms with Crippen LogP contribution >= 0.6 is 0 Å². The molecule has 3 heteroatoms. The van der Waals surface area contributed by atoms with E-state index in [2.05, 4.69) is 33.0 Å². The second kappa shape index (κ2) is 7.69. The van der Waals surface area contributed by atoms with Crippen LogP contribution in [-0.2, 0) is 4.79 Å². The van der Waals surface area contributed by atoms with Gasteiger partial charge in [-0.2, -0.15) is 0 Å². The van der Waals surface area contributed by atoms with Crippen LogP contribution in [0.5, 0.6) is 0 Å². The Hall–Kier alpha value is -0.570. The first kappa shape index (κ1) is 14.4. The number of unbranched alkanes of at least 4 members (excludes halogenated alkanes) is 1. The SMILES string of the molecule is CCCCC(NC(C)C(C)CC)C(=O)O. The van der Waals surface area contributed by atoms with Gasteiger partial charge in [0.25, 0.3) is 0 Å². The Morgan fingerprint density at radius 1 is 1.33 bits per heavy atom. The van der Waals surface area contributed by atoms with E-state index in [-0.39, 0.29) is 12.1 Å². The Bertz CT molecular complexity index is 182. The molecular formula is C12H25NO2. The first-order valence-electron chi connectivity index (χ1n) is 6.01. The summed E-state index contributed by atoms with van der Waals surface area (Å²) in [6.45, 7) is 8.42. The second-order valence-corrected chi connectivity index (χ2v) is 4.37. The quantitative estimate of drug-likeness (QED) is 0.654. The molecule has 0 aromatic rings. The largest absolute Gasteiger partial charge is 0.480 e. The fourth-order valence-corrected chi connectivity index (χ4v) is 1.52. The minimum Gasteiger partial charge on any atom is -0.480 e. The van der Waals surface area contributed by atoms with Gasteiger partial charge in [-0.15, -0.1) is 0 Å². The first-order valence-corrected chi connectivity index (χ1v) is 6.01. The van der Waals surface area contributed by atoms with E-state index >= 15 is 0 Å². The van der Waals surface area contributed by atoms with E-state index in [1.54, 1.807) is 0 Å². The number of carboxylic acid groups (broad SMARTS) is 1. The molecule has 0 fully saturated rings. The predicted octanol–water partition coefficient (Wildman–Crippen LogP) is 2.65. The lowest BCUT2D eigenvalue weighted by molar-refractivity contribution is -0.140. The zero-order valence-electron chi connectivity index (χ0n) is 10.4. The highest BCUT2D eigenvalue weighted by Crippen LogP contribution is 2.10. The number of carbonyl (C=O) groups is 1. The summed E-state index contributed by atoms with van der Waals surface area (Å²) in [6, 6.07) is -0.109. The minimum absolute atomic E-state index is 0.271. The Kier molecular flexibility index (Phi) is 7.39. The molecule has 3 atom stereocenters. The number of rotatable bonds is 8. The number of aliphatic carboxylic acids is 1. The van der Waals surface area contributed by atoms with Gasteiger partial charge in [0.2, 0.25) is 0 Å². The van der Waals surface area contributed by atoms with Crippen molar-refractivity contribution in [1.82, 2.24) is 5.32 Å².